The number of fused-ring (bicyclic) bond motifs is 1. The predicted molar refractivity (Wildman–Crippen MR) is 135 cm³/mol. The lowest BCUT2D eigenvalue weighted by Crippen LogP contribution is -2.34. The Balaban J connectivity index is 1.34. The monoisotopic (exact) mass is 510 g/mol. The van der Waals surface area contributed by atoms with Crippen molar-refractivity contribution in [1.29, 1.82) is 0 Å². The molecule has 0 atom stereocenters. The Morgan fingerprint density at radius 1 is 1.09 bits per heavy atom. The number of thiophene rings is 1. The van der Waals surface area contributed by atoms with Crippen molar-refractivity contribution >= 4 is 49.7 Å². The van der Waals surface area contributed by atoms with Crippen LogP contribution in [0.3, 0.4) is 0 Å². The smallest absolute Gasteiger partial charge is 0.333 e. The average molecular weight is 511 g/mol. The molecule has 0 unspecified atom stereocenters. The lowest BCUT2D eigenvalue weighted by atomic mass is 10.2. The molecule has 5 rings (SSSR count). The molecule has 4 aromatic rings. The summed E-state index contributed by atoms with van der Waals surface area (Å²) in [6, 6.07) is 11.3. The first-order valence-electron chi connectivity index (χ1n) is 10.9. The van der Waals surface area contributed by atoms with Crippen LogP contribution < -0.4 is 20.9 Å². The zero-order valence-corrected chi connectivity index (χ0v) is 20.5. The van der Waals surface area contributed by atoms with E-state index < -0.39 is 16.1 Å². The number of hydrogen-bond donors (Lipinski definition) is 3. The Labute approximate surface area is 205 Å². The second-order valence-electron chi connectivity index (χ2n) is 8.28. The Morgan fingerprint density at radius 2 is 1.86 bits per heavy atom. The summed E-state index contributed by atoms with van der Waals surface area (Å²) < 4.78 is 28.1. The van der Waals surface area contributed by atoms with Gasteiger partial charge in [-0.05, 0) is 69.2 Å². The first kappa shape index (κ1) is 23.0. The number of amides is 2. The number of aryl methyl sites for hydroxylation is 2. The summed E-state index contributed by atoms with van der Waals surface area (Å²) in [4.78, 5) is 35.1. The molecule has 2 amide bonds. The fourth-order valence-corrected chi connectivity index (χ4v) is 5.79. The SMILES string of the molecule is Cc1ccc(S(=O)(=O)NC(=O)Nc2ccc(-n3c(C)nc4cc(NC5CC5)ccc4c3=O)nc2)s1. The molecule has 180 valence electrons. The summed E-state index contributed by atoms with van der Waals surface area (Å²) >= 11 is 1.07. The van der Waals surface area contributed by atoms with Crippen LogP contribution in [-0.4, -0.2) is 35.0 Å². The highest BCUT2D eigenvalue weighted by atomic mass is 32.2. The van der Waals surface area contributed by atoms with Gasteiger partial charge in [0.05, 0.1) is 22.8 Å². The standard InChI is InChI=1S/C23H22N6O4S2/c1-13-3-10-21(34-13)35(32,33)28-23(31)27-17-7-9-20(24-12-17)29-14(2)25-19-11-16(26-15-4-5-15)6-8-18(19)22(29)30/h3,6-12,15,26H,4-5H2,1-2H3,(H2,27,28,31). The van der Waals surface area contributed by atoms with Gasteiger partial charge in [-0.2, -0.15) is 0 Å². The van der Waals surface area contributed by atoms with Gasteiger partial charge >= 0.3 is 6.03 Å². The van der Waals surface area contributed by atoms with Gasteiger partial charge in [0.15, 0.2) is 0 Å². The number of carbonyl (C=O) groups is 1. The number of rotatable bonds is 6. The summed E-state index contributed by atoms with van der Waals surface area (Å²) in [5.41, 5.74) is 1.55. The van der Waals surface area contributed by atoms with E-state index in [-0.39, 0.29) is 15.5 Å². The van der Waals surface area contributed by atoms with Gasteiger partial charge in [-0.3, -0.25) is 4.79 Å². The summed E-state index contributed by atoms with van der Waals surface area (Å²) in [7, 11) is -3.97. The molecule has 1 fully saturated rings. The normalized spacial score (nSPS) is 13.5. The predicted octanol–water partition coefficient (Wildman–Crippen LogP) is 3.54. The van der Waals surface area contributed by atoms with Crippen LogP contribution in [0.25, 0.3) is 16.7 Å². The second-order valence-corrected chi connectivity index (χ2v) is 11.5. The molecule has 0 bridgehead atoms. The van der Waals surface area contributed by atoms with Gasteiger partial charge in [0.25, 0.3) is 15.6 Å². The molecule has 0 radical (unpaired) electrons. The molecular weight excluding hydrogens is 488 g/mol. The maximum absolute atomic E-state index is 13.2. The first-order chi connectivity index (χ1) is 16.7. The number of urea groups is 1. The minimum Gasteiger partial charge on any atom is -0.382 e. The number of pyridine rings is 1. The van der Waals surface area contributed by atoms with Crippen LogP contribution >= 0.6 is 11.3 Å². The highest BCUT2D eigenvalue weighted by Gasteiger charge is 2.22. The Morgan fingerprint density at radius 3 is 2.51 bits per heavy atom. The zero-order chi connectivity index (χ0) is 24.7. The number of anilines is 2. The van der Waals surface area contributed by atoms with E-state index in [1.807, 2.05) is 16.9 Å². The van der Waals surface area contributed by atoms with Gasteiger partial charge in [0.1, 0.15) is 15.9 Å². The number of aromatic nitrogens is 3. The Hall–Kier alpha value is -3.77. The lowest BCUT2D eigenvalue weighted by molar-refractivity contribution is 0.256. The van der Waals surface area contributed by atoms with Crippen molar-refractivity contribution in [3.8, 4) is 5.82 Å². The van der Waals surface area contributed by atoms with Crippen LogP contribution in [0, 0.1) is 13.8 Å². The molecule has 1 saturated carbocycles. The van der Waals surface area contributed by atoms with E-state index in [2.05, 4.69) is 20.6 Å². The van der Waals surface area contributed by atoms with Crippen molar-refractivity contribution in [2.75, 3.05) is 10.6 Å². The molecule has 3 aromatic heterocycles. The summed E-state index contributed by atoms with van der Waals surface area (Å²) in [6.45, 7) is 3.50. The van der Waals surface area contributed by atoms with Gasteiger partial charge in [-0.1, -0.05) is 0 Å². The molecule has 1 aliphatic carbocycles. The quantitative estimate of drug-likeness (QED) is 0.361. The van der Waals surface area contributed by atoms with Gasteiger partial charge in [-0.15, -0.1) is 11.3 Å². The summed E-state index contributed by atoms with van der Waals surface area (Å²) in [6.07, 6.45) is 3.64. The van der Waals surface area contributed by atoms with Crippen LogP contribution in [0.15, 0.2) is 57.7 Å². The molecule has 1 aliphatic rings. The van der Waals surface area contributed by atoms with Crippen LogP contribution in [0.5, 0.6) is 0 Å². The largest absolute Gasteiger partial charge is 0.382 e. The van der Waals surface area contributed by atoms with Gasteiger partial charge in [-0.25, -0.2) is 32.5 Å². The summed E-state index contributed by atoms with van der Waals surface area (Å²) in [5, 5.41) is 6.31. The lowest BCUT2D eigenvalue weighted by Gasteiger charge is -2.12. The van der Waals surface area contributed by atoms with Crippen molar-refractivity contribution in [1.82, 2.24) is 19.3 Å². The van der Waals surface area contributed by atoms with Crippen molar-refractivity contribution in [2.24, 2.45) is 0 Å². The topological polar surface area (TPSA) is 135 Å². The number of sulfonamides is 1. The number of benzene rings is 1. The van der Waals surface area contributed by atoms with Crippen molar-refractivity contribution in [3.63, 3.8) is 0 Å². The van der Waals surface area contributed by atoms with Crippen LogP contribution in [0.2, 0.25) is 0 Å². The Bertz CT molecular complexity index is 1610. The van der Waals surface area contributed by atoms with Crippen LogP contribution in [-0.2, 0) is 10.0 Å². The molecule has 1 aromatic carbocycles. The molecule has 0 spiro atoms. The molecular formula is C23H22N6O4S2. The van der Waals surface area contributed by atoms with Gasteiger partial charge < -0.3 is 10.6 Å². The number of hydrogen-bond acceptors (Lipinski definition) is 8. The van der Waals surface area contributed by atoms with E-state index in [0.717, 1.165) is 34.7 Å². The maximum atomic E-state index is 13.2. The molecule has 3 N–H and O–H groups in total. The van der Waals surface area contributed by atoms with Gasteiger partial charge in [0, 0.05) is 16.6 Å². The van der Waals surface area contributed by atoms with E-state index in [1.165, 1.54) is 22.9 Å². The molecule has 12 heteroatoms. The fourth-order valence-electron chi connectivity index (χ4n) is 3.60. The molecule has 0 saturated heterocycles. The molecule has 10 nitrogen and oxygen atoms in total. The summed E-state index contributed by atoms with van der Waals surface area (Å²) in [5.74, 6) is 0.795. The number of carbonyl (C=O) groups excluding carboxylic acids is 1. The minimum atomic E-state index is -3.97. The number of nitrogens with one attached hydrogen (secondary N) is 3. The molecule has 3 heterocycles. The third-order valence-electron chi connectivity index (χ3n) is 5.43. The van der Waals surface area contributed by atoms with Crippen molar-refractivity contribution in [2.45, 2.75) is 36.9 Å². The van der Waals surface area contributed by atoms with Crippen LogP contribution in [0.4, 0.5) is 16.2 Å². The average Bonchev–Trinajstić information content (AvgIpc) is 3.49. The highest BCUT2D eigenvalue weighted by Crippen LogP contribution is 2.26. The van der Waals surface area contributed by atoms with E-state index >= 15 is 0 Å². The third kappa shape index (κ3) is 4.88. The zero-order valence-electron chi connectivity index (χ0n) is 18.9. The van der Waals surface area contributed by atoms with Crippen LogP contribution in [0.1, 0.15) is 23.5 Å². The van der Waals surface area contributed by atoms with Gasteiger partial charge in [0.2, 0.25) is 0 Å². The second kappa shape index (κ2) is 8.78. The van der Waals surface area contributed by atoms with E-state index in [0.29, 0.717) is 28.6 Å². The molecule has 0 aliphatic heterocycles. The highest BCUT2D eigenvalue weighted by molar-refractivity contribution is 7.92. The van der Waals surface area contributed by atoms with E-state index in [4.69, 9.17) is 0 Å². The molecule has 35 heavy (non-hydrogen) atoms. The third-order valence-corrected chi connectivity index (χ3v) is 8.25. The van der Waals surface area contributed by atoms with E-state index in [9.17, 15) is 18.0 Å². The van der Waals surface area contributed by atoms with E-state index in [1.54, 1.807) is 32.0 Å². The first-order valence-corrected chi connectivity index (χ1v) is 13.2. The van der Waals surface area contributed by atoms with Crippen molar-refractivity contribution < 1.29 is 13.2 Å². The fraction of sp³-hybridized carbons (Fsp3) is 0.217. The van der Waals surface area contributed by atoms with Crippen molar-refractivity contribution in [3.05, 3.63) is 69.7 Å². The maximum Gasteiger partial charge on any atom is 0.333 e. The number of nitrogens with zero attached hydrogens (tertiary/aromatic N) is 3. The Kier molecular flexibility index (Phi) is 5.77. The minimum absolute atomic E-state index is 0.0488.